The average molecular weight is 336 g/mol. The number of benzene rings is 1. The van der Waals surface area contributed by atoms with Crippen molar-refractivity contribution in [2.75, 3.05) is 5.32 Å². The van der Waals surface area contributed by atoms with E-state index >= 15 is 0 Å². The highest BCUT2D eigenvalue weighted by Gasteiger charge is 2.28. The minimum absolute atomic E-state index is 0.0231. The molecule has 6 heteroatoms. The highest BCUT2D eigenvalue weighted by molar-refractivity contribution is 5.92. The zero-order valence-corrected chi connectivity index (χ0v) is 13.5. The van der Waals surface area contributed by atoms with Gasteiger partial charge in [0.15, 0.2) is 0 Å². The normalized spacial score (nSPS) is 16.3. The molecule has 1 aliphatic rings. The van der Waals surface area contributed by atoms with Crippen molar-refractivity contribution in [3.63, 3.8) is 0 Å². The molecule has 0 spiro atoms. The first-order valence-corrected chi connectivity index (χ1v) is 8.23. The molecule has 1 unspecified atom stereocenters. The van der Waals surface area contributed by atoms with Gasteiger partial charge in [-0.1, -0.05) is 12.1 Å². The summed E-state index contributed by atoms with van der Waals surface area (Å²) in [5.74, 6) is -0.460. The summed E-state index contributed by atoms with van der Waals surface area (Å²) >= 11 is 0. The molecule has 1 atom stereocenters. The van der Waals surface area contributed by atoms with Crippen molar-refractivity contribution in [3.8, 4) is 11.3 Å². The fourth-order valence-corrected chi connectivity index (χ4v) is 3.27. The first-order chi connectivity index (χ1) is 12.2. The summed E-state index contributed by atoms with van der Waals surface area (Å²) in [7, 11) is 0. The predicted octanol–water partition coefficient (Wildman–Crippen LogP) is 3.35. The number of aromatic nitrogens is 3. The van der Waals surface area contributed by atoms with Crippen LogP contribution in [0.25, 0.3) is 11.3 Å². The summed E-state index contributed by atoms with van der Waals surface area (Å²) in [6.45, 7) is 0. The molecule has 5 nitrogen and oxygen atoms in total. The second-order valence-corrected chi connectivity index (χ2v) is 6.21. The van der Waals surface area contributed by atoms with Gasteiger partial charge < -0.3 is 5.32 Å². The van der Waals surface area contributed by atoms with Crippen molar-refractivity contribution in [2.24, 2.45) is 5.92 Å². The standard InChI is InChI=1S/C19H17FN4O/c20-14-4-1-3-12(9-14)18-16-10-13(6-7-17(16)23-24-18)19(25)22-15-5-2-8-21-11-15/h1-5,8-9,11,13H,6-7,10H2,(H,22,25)(H,23,24). The van der Waals surface area contributed by atoms with Gasteiger partial charge in [-0.15, -0.1) is 0 Å². The predicted molar refractivity (Wildman–Crippen MR) is 92.4 cm³/mol. The summed E-state index contributed by atoms with van der Waals surface area (Å²) < 4.78 is 13.5. The number of anilines is 1. The number of halogens is 1. The number of nitrogens with one attached hydrogen (secondary N) is 2. The van der Waals surface area contributed by atoms with Gasteiger partial charge in [0.1, 0.15) is 5.82 Å². The van der Waals surface area contributed by atoms with Gasteiger partial charge in [0.05, 0.1) is 17.6 Å². The van der Waals surface area contributed by atoms with Crippen molar-refractivity contribution >= 4 is 11.6 Å². The van der Waals surface area contributed by atoms with E-state index in [1.807, 2.05) is 12.1 Å². The SMILES string of the molecule is O=C(Nc1cccnc1)C1CCc2[nH]nc(-c3cccc(F)c3)c2C1. The first-order valence-electron chi connectivity index (χ1n) is 8.23. The van der Waals surface area contributed by atoms with Crippen LogP contribution in [0.4, 0.5) is 10.1 Å². The second-order valence-electron chi connectivity index (χ2n) is 6.21. The molecule has 3 aromatic rings. The van der Waals surface area contributed by atoms with Crippen LogP contribution in [0, 0.1) is 11.7 Å². The lowest BCUT2D eigenvalue weighted by molar-refractivity contribution is -0.120. The molecule has 0 saturated heterocycles. The van der Waals surface area contributed by atoms with Gasteiger partial charge in [-0.2, -0.15) is 5.10 Å². The molecule has 2 aromatic heterocycles. The Labute approximate surface area is 144 Å². The van der Waals surface area contributed by atoms with E-state index in [0.29, 0.717) is 12.1 Å². The minimum Gasteiger partial charge on any atom is -0.324 e. The van der Waals surface area contributed by atoms with Gasteiger partial charge in [-0.25, -0.2) is 4.39 Å². The summed E-state index contributed by atoms with van der Waals surface area (Å²) in [4.78, 5) is 16.6. The molecule has 0 aliphatic heterocycles. The Bertz CT molecular complexity index is 907. The molecule has 2 heterocycles. The number of fused-ring (bicyclic) bond motifs is 1. The Hall–Kier alpha value is -3.02. The number of aromatic amines is 1. The van der Waals surface area contributed by atoms with Crippen molar-refractivity contribution in [1.82, 2.24) is 15.2 Å². The largest absolute Gasteiger partial charge is 0.324 e. The molecule has 0 bridgehead atoms. The Balaban J connectivity index is 1.56. The van der Waals surface area contributed by atoms with Crippen molar-refractivity contribution in [2.45, 2.75) is 19.3 Å². The van der Waals surface area contributed by atoms with Crippen LogP contribution in [0.2, 0.25) is 0 Å². The highest BCUT2D eigenvalue weighted by Crippen LogP contribution is 2.32. The smallest absolute Gasteiger partial charge is 0.227 e. The summed E-state index contributed by atoms with van der Waals surface area (Å²) in [6, 6.07) is 9.98. The molecule has 0 fully saturated rings. The monoisotopic (exact) mass is 336 g/mol. The van der Waals surface area contributed by atoms with E-state index in [0.717, 1.165) is 35.4 Å². The van der Waals surface area contributed by atoms with E-state index in [1.165, 1.54) is 12.1 Å². The van der Waals surface area contributed by atoms with Crippen molar-refractivity contribution in [3.05, 3.63) is 65.9 Å². The maximum absolute atomic E-state index is 13.5. The van der Waals surface area contributed by atoms with Crippen molar-refractivity contribution < 1.29 is 9.18 Å². The van der Waals surface area contributed by atoms with Crippen LogP contribution in [0.15, 0.2) is 48.8 Å². The third kappa shape index (κ3) is 3.15. The lowest BCUT2D eigenvalue weighted by Gasteiger charge is -2.21. The lowest BCUT2D eigenvalue weighted by Crippen LogP contribution is -2.28. The number of pyridine rings is 1. The maximum atomic E-state index is 13.5. The molecule has 25 heavy (non-hydrogen) atoms. The van der Waals surface area contributed by atoms with E-state index in [9.17, 15) is 9.18 Å². The minimum atomic E-state index is -0.295. The topological polar surface area (TPSA) is 70.7 Å². The van der Waals surface area contributed by atoms with E-state index in [2.05, 4.69) is 20.5 Å². The zero-order chi connectivity index (χ0) is 17.2. The van der Waals surface area contributed by atoms with E-state index in [4.69, 9.17) is 0 Å². The van der Waals surface area contributed by atoms with Crippen LogP contribution in [0.1, 0.15) is 17.7 Å². The van der Waals surface area contributed by atoms with Gasteiger partial charge in [-0.3, -0.25) is 14.9 Å². The summed E-state index contributed by atoms with van der Waals surface area (Å²) in [5, 5.41) is 10.3. The summed E-state index contributed by atoms with van der Waals surface area (Å²) in [6.07, 6.45) is 5.39. The number of amides is 1. The fraction of sp³-hybridized carbons (Fsp3) is 0.211. The number of H-pyrrole nitrogens is 1. The number of aryl methyl sites for hydroxylation is 1. The third-order valence-electron chi connectivity index (χ3n) is 4.54. The van der Waals surface area contributed by atoms with E-state index in [-0.39, 0.29) is 17.6 Å². The van der Waals surface area contributed by atoms with Crippen LogP contribution >= 0.6 is 0 Å². The quantitative estimate of drug-likeness (QED) is 0.770. The van der Waals surface area contributed by atoms with Crippen LogP contribution in [0.5, 0.6) is 0 Å². The van der Waals surface area contributed by atoms with E-state index in [1.54, 1.807) is 24.5 Å². The molecule has 1 aromatic carbocycles. The average Bonchev–Trinajstić information content (AvgIpc) is 3.05. The van der Waals surface area contributed by atoms with Gasteiger partial charge >= 0.3 is 0 Å². The number of hydrogen-bond donors (Lipinski definition) is 2. The molecule has 1 amide bonds. The molecule has 126 valence electrons. The van der Waals surface area contributed by atoms with Crippen LogP contribution in [-0.4, -0.2) is 21.1 Å². The molecule has 4 rings (SSSR count). The maximum Gasteiger partial charge on any atom is 0.227 e. The second kappa shape index (κ2) is 6.47. The number of carbonyl (C=O) groups is 1. The van der Waals surface area contributed by atoms with Gasteiger partial charge in [0.2, 0.25) is 5.91 Å². The van der Waals surface area contributed by atoms with Gasteiger partial charge in [-0.05, 0) is 43.5 Å². The van der Waals surface area contributed by atoms with Gasteiger partial charge in [0.25, 0.3) is 0 Å². The van der Waals surface area contributed by atoms with Crippen LogP contribution in [0.3, 0.4) is 0 Å². The number of rotatable bonds is 3. The Morgan fingerprint density at radius 1 is 1.28 bits per heavy atom. The Morgan fingerprint density at radius 2 is 2.20 bits per heavy atom. The molecule has 2 N–H and O–H groups in total. The Morgan fingerprint density at radius 3 is 3.00 bits per heavy atom. The van der Waals surface area contributed by atoms with Gasteiger partial charge in [0, 0.05) is 28.9 Å². The first kappa shape index (κ1) is 15.5. The number of nitrogens with zero attached hydrogens (tertiary/aromatic N) is 2. The van der Waals surface area contributed by atoms with Crippen LogP contribution < -0.4 is 5.32 Å². The Kier molecular flexibility index (Phi) is 4.01. The summed E-state index contributed by atoms with van der Waals surface area (Å²) in [5.41, 5.74) is 4.18. The zero-order valence-electron chi connectivity index (χ0n) is 13.5. The molecule has 0 radical (unpaired) electrons. The lowest BCUT2D eigenvalue weighted by atomic mass is 9.85. The molecule has 1 aliphatic carbocycles. The van der Waals surface area contributed by atoms with E-state index < -0.39 is 0 Å². The molecular weight excluding hydrogens is 319 g/mol. The number of hydrogen-bond acceptors (Lipinski definition) is 3. The van der Waals surface area contributed by atoms with Crippen molar-refractivity contribution in [1.29, 1.82) is 0 Å². The molecular formula is C19H17FN4O. The number of carbonyl (C=O) groups excluding carboxylic acids is 1. The fourth-order valence-electron chi connectivity index (χ4n) is 3.27. The third-order valence-corrected chi connectivity index (χ3v) is 4.54. The highest BCUT2D eigenvalue weighted by atomic mass is 19.1. The molecule has 0 saturated carbocycles. The van der Waals surface area contributed by atoms with Crippen LogP contribution in [-0.2, 0) is 17.6 Å².